The molecular formula is C12H15F3N2O2. The number of benzene rings is 1. The summed E-state index contributed by atoms with van der Waals surface area (Å²) in [6, 6.07) is 3.12. The van der Waals surface area contributed by atoms with Crippen molar-refractivity contribution in [1.29, 1.82) is 0 Å². The molecule has 4 nitrogen and oxygen atoms in total. The molecule has 0 bridgehead atoms. The molecule has 0 spiro atoms. The van der Waals surface area contributed by atoms with Gasteiger partial charge >= 0.3 is 6.18 Å². The Labute approximate surface area is 108 Å². The molecule has 0 radical (unpaired) electrons. The van der Waals surface area contributed by atoms with Crippen LogP contribution in [-0.4, -0.2) is 38.1 Å². The first-order valence-corrected chi connectivity index (χ1v) is 5.48. The van der Waals surface area contributed by atoms with Crippen molar-refractivity contribution in [2.75, 3.05) is 33.0 Å². The molecule has 106 valence electrons. The van der Waals surface area contributed by atoms with Crippen LogP contribution in [0.3, 0.4) is 0 Å². The van der Waals surface area contributed by atoms with Gasteiger partial charge in [0, 0.05) is 32.0 Å². The first-order valence-electron chi connectivity index (χ1n) is 5.48. The number of carbonyl (C=O) groups is 1. The zero-order valence-electron chi connectivity index (χ0n) is 10.6. The molecule has 0 atom stereocenters. The number of anilines is 1. The molecule has 1 aromatic carbocycles. The SMILES string of the molecule is COCCN(C)C(=O)c1ccc(N)c(C(F)(F)F)c1. The lowest BCUT2D eigenvalue weighted by Gasteiger charge is -2.18. The maximum Gasteiger partial charge on any atom is 0.418 e. The van der Waals surface area contributed by atoms with Gasteiger partial charge in [-0.1, -0.05) is 0 Å². The monoisotopic (exact) mass is 276 g/mol. The fourth-order valence-corrected chi connectivity index (χ4v) is 1.48. The molecule has 0 saturated heterocycles. The van der Waals surface area contributed by atoms with Gasteiger partial charge in [-0.25, -0.2) is 0 Å². The quantitative estimate of drug-likeness (QED) is 0.856. The van der Waals surface area contributed by atoms with E-state index in [1.54, 1.807) is 0 Å². The van der Waals surface area contributed by atoms with E-state index in [1.807, 2.05) is 0 Å². The van der Waals surface area contributed by atoms with Gasteiger partial charge in [0.2, 0.25) is 0 Å². The second-order valence-electron chi connectivity index (χ2n) is 4.02. The Kier molecular flexibility index (Phi) is 4.77. The number of likely N-dealkylation sites (N-methyl/N-ethyl adjacent to an activating group) is 1. The zero-order valence-corrected chi connectivity index (χ0v) is 10.6. The van der Waals surface area contributed by atoms with Gasteiger partial charge in [-0.15, -0.1) is 0 Å². The smallest absolute Gasteiger partial charge is 0.398 e. The highest BCUT2D eigenvalue weighted by Crippen LogP contribution is 2.34. The van der Waals surface area contributed by atoms with Crippen LogP contribution >= 0.6 is 0 Å². The lowest BCUT2D eigenvalue weighted by atomic mass is 10.1. The van der Waals surface area contributed by atoms with Crippen molar-refractivity contribution in [2.45, 2.75) is 6.18 Å². The van der Waals surface area contributed by atoms with Crippen molar-refractivity contribution < 1.29 is 22.7 Å². The second-order valence-corrected chi connectivity index (χ2v) is 4.02. The van der Waals surface area contributed by atoms with Crippen LogP contribution in [0.4, 0.5) is 18.9 Å². The van der Waals surface area contributed by atoms with Gasteiger partial charge in [-0.05, 0) is 18.2 Å². The number of methoxy groups -OCH3 is 1. The Morgan fingerprint density at radius 3 is 2.58 bits per heavy atom. The Balaban J connectivity index is 2.99. The van der Waals surface area contributed by atoms with Gasteiger partial charge in [0.1, 0.15) is 0 Å². The van der Waals surface area contributed by atoms with E-state index in [4.69, 9.17) is 10.5 Å². The molecule has 19 heavy (non-hydrogen) atoms. The van der Waals surface area contributed by atoms with Crippen LogP contribution in [0.5, 0.6) is 0 Å². The molecule has 0 aliphatic heterocycles. The van der Waals surface area contributed by atoms with Crippen LogP contribution in [0.1, 0.15) is 15.9 Å². The van der Waals surface area contributed by atoms with Crippen molar-refractivity contribution in [3.63, 3.8) is 0 Å². The van der Waals surface area contributed by atoms with Crippen molar-refractivity contribution in [2.24, 2.45) is 0 Å². The van der Waals surface area contributed by atoms with Gasteiger partial charge in [-0.2, -0.15) is 13.2 Å². The number of hydrogen-bond donors (Lipinski definition) is 1. The van der Waals surface area contributed by atoms with Crippen LogP contribution in [0.25, 0.3) is 0 Å². The van der Waals surface area contributed by atoms with E-state index < -0.39 is 23.3 Å². The van der Waals surface area contributed by atoms with Crippen molar-refractivity contribution >= 4 is 11.6 Å². The average molecular weight is 276 g/mol. The van der Waals surface area contributed by atoms with Crippen LogP contribution in [0, 0.1) is 0 Å². The van der Waals surface area contributed by atoms with Gasteiger partial charge in [0.25, 0.3) is 5.91 Å². The number of nitrogens with two attached hydrogens (primary N) is 1. The first-order chi connectivity index (χ1) is 8.77. The Hall–Kier alpha value is -1.76. The highest BCUT2D eigenvalue weighted by Gasteiger charge is 2.33. The lowest BCUT2D eigenvalue weighted by molar-refractivity contribution is -0.136. The first kappa shape index (κ1) is 15.3. The molecule has 0 heterocycles. The van der Waals surface area contributed by atoms with Crippen LogP contribution in [-0.2, 0) is 10.9 Å². The standard InChI is InChI=1S/C12H15F3N2O2/c1-17(5-6-19-2)11(18)8-3-4-10(16)9(7-8)12(13,14)15/h3-4,7H,5-6,16H2,1-2H3. The summed E-state index contributed by atoms with van der Waals surface area (Å²) in [5.74, 6) is -0.512. The summed E-state index contributed by atoms with van der Waals surface area (Å²) in [5, 5.41) is 0. The molecule has 0 aliphatic carbocycles. The molecule has 7 heteroatoms. The molecule has 2 N–H and O–H groups in total. The normalized spacial score (nSPS) is 11.4. The number of halogens is 3. The summed E-state index contributed by atoms with van der Waals surface area (Å²) < 4.78 is 42.8. The molecule has 0 aliphatic rings. The highest BCUT2D eigenvalue weighted by atomic mass is 19.4. The van der Waals surface area contributed by atoms with Crippen molar-refractivity contribution in [3.8, 4) is 0 Å². The van der Waals surface area contributed by atoms with E-state index in [0.29, 0.717) is 13.2 Å². The maximum atomic E-state index is 12.7. The topological polar surface area (TPSA) is 55.6 Å². The van der Waals surface area contributed by atoms with E-state index in [1.165, 1.54) is 25.1 Å². The van der Waals surface area contributed by atoms with E-state index in [-0.39, 0.29) is 5.56 Å². The van der Waals surface area contributed by atoms with E-state index >= 15 is 0 Å². The third-order valence-corrected chi connectivity index (χ3v) is 2.58. The lowest BCUT2D eigenvalue weighted by Crippen LogP contribution is -2.30. The van der Waals surface area contributed by atoms with Gasteiger partial charge in [0.15, 0.2) is 0 Å². The van der Waals surface area contributed by atoms with Crippen LogP contribution in [0.15, 0.2) is 18.2 Å². The third kappa shape index (κ3) is 3.85. The number of alkyl halides is 3. The third-order valence-electron chi connectivity index (χ3n) is 2.58. The second kappa shape index (κ2) is 5.92. The summed E-state index contributed by atoms with van der Waals surface area (Å²) in [6.45, 7) is 0.602. The number of rotatable bonds is 4. The minimum atomic E-state index is -4.58. The number of amides is 1. The molecule has 1 aromatic rings. The van der Waals surface area contributed by atoms with E-state index in [9.17, 15) is 18.0 Å². The summed E-state index contributed by atoms with van der Waals surface area (Å²) in [4.78, 5) is 13.2. The van der Waals surface area contributed by atoms with Crippen LogP contribution in [0.2, 0.25) is 0 Å². The summed E-state index contributed by atoms with van der Waals surface area (Å²) in [6.07, 6.45) is -4.58. The average Bonchev–Trinajstić information content (AvgIpc) is 2.34. The van der Waals surface area contributed by atoms with Crippen molar-refractivity contribution in [3.05, 3.63) is 29.3 Å². The zero-order chi connectivity index (χ0) is 14.6. The molecule has 1 amide bonds. The summed E-state index contributed by atoms with van der Waals surface area (Å²) in [7, 11) is 2.97. The van der Waals surface area contributed by atoms with Crippen molar-refractivity contribution in [1.82, 2.24) is 4.90 Å². The molecular weight excluding hydrogens is 261 g/mol. The number of nitrogen functional groups attached to an aromatic ring is 1. The predicted molar refractivity (Wildman–Crippen MR) is 64.7 cm³/mol. The number of carbonyl (C=O) groups excluding carboxylic acids is 1. The number of nitrogens with zero attached hydrogens (tertiary/aromatic N) is 1. The minimum Gasteiger partial charge on any atom is -0.398 e. The van der Waals surface area contributed by atoms with Gasteiger partial charge < -0.3 is 15.4 Å². The minimum absolute atomic E-state index is 0.0554. The molecule has 1 rings (SSSR count). The number of hydrogen-bond acceptors (Lipinski definition) is 3. The summed E-state index contributed by atoms with van der Waals surface area (Å²) in [5.41, 5.74) is 3.81. The van der Waals surface area contributed by atoms with Gasteiger partial charge in [-0.3, -0.25) is 4.79 Å². The molecule has 0 unspecified atom stereocenters. The Morgan fingerprint density at radius 1 is 1.42 bits per heavy atom. The van der Waals surface area contributed by atoms with E-state index in [2.05, 4.69) is 0 Å². The Bertz CT molecular complexity index is 461. The molecule has 0 saturated carbocycles. The largest absolute Gasteiger partial charge is 0.418 e. The maximum absolute atomic E-state index is 12.7. The fourth-order valence-electron chi connectivity index (χ4n) is 1.48. The predicted octanol–water partition coefficient (Wildman–Crippen LogP) is 2.01. The van der Waals surface area contributed by atoms with Crippen LogP contribution < -0.4 is 5.73 Å². The number of ether oxygens (including phenoxy) is 1. The van der Waals surface area contributed by atoms with Gasteiger partial charge in [0.05, 0.1) is 12.2 Å². The molecule has 0 aromatic heterocycles. The highest BCUT2D eigenvalue weighted by molar-refractivity contribution is 5.94. The molecule has 0 fully saturated rings. The Morgan fingerprint density at radius 2 is 2.05 bits per heavy atom. The van der Waals surface area contributed by atoms with E-state index in [0.717, 1.165) is 12.1 Å². The summed E-state index contributed by atoms with van der Waals surface area (Å²) >= 11 is 0. The fraction of sp³-hybridized carbons (Fsp3) is 0.417.